The van der Waals surface area contributed by atoms with Crippen molar-refractivity contribution in [1.29, 1.82) is 0 Å². The highest BCUT2D eigenvalue weighted by molar-refractivity contribution is 4.81. The smallest absolute Gasteiger partial charge is 0.168 e. The van der Waals surface area contributed by atoms with Gasteiger partial charge in [0, 0.05) is 13.1 Å². The summed E-state index contributed by atoms with van der Waals surface area (Å²) in [5.41, 5.74) is -0.179. The number of nitrogens with zero attached hydrogens (tertiary/aromatic N) is 1. The molecule has 4 heteroatoms. The number of hydrogen-bond donors (Lipinski definition) is 1. The van der Waals surface area contributed by atoms with Gasteiger partial charge in [0.15, 0.2) is 6.35 Å². The van der Waals surface area contributed by atoms with Crippen molar-refractivity contribution in [1.82, 2.24) is 10.2 Å². The van der Waals surface area contributed by atoms with Crippen LogP contribution in [0.5, 0.6) is 0 Å². The summed E-state index contributed by atoms with van der Waals surface area (Å²) in [5.74, 6) is 0. The van der Waals surface area contributed by atoms with E-state index in [-0.39, 0.29) is 12.1 Å². The van der Waals surface area contributed by atoms with Crippen LogP contribution in [0, 0.1) is 0 Å². The van der Waals surface area contributed by atoms with Crippen molar-refractivity contribution in [2.75, 3.05) is 26.3 Å². The van der Waals surface area contributed by atoms with Crippen molar-refractivity contribution in [3.63, 3.8) is 0 Å². The Morgan fingerprint density at radius 2 is 2.25 bits per heavy atom. The van der Waals surface area contributed by atoms with Crippen molar-refractivity contribution >= 4 is 0 Å². The molecule has 4 nitrogen and oxygen atoms in total. The van der Waals surface area contributed by atoms with E-state index in [1.807, 2.05) is 0 Å². The lowest BCUT2D eigenvalue weighted by Gasteiger charge is -2.33. The molecule has 70 valence electrons. The van der Waals surface area contributed by atoms with E-state index in [0.29, 0.717) is 0 Å². The Hall–Kier alpha value is -0.160. The van der Waals surface area contributed by atoms with Crippen molar-refractivity contribution in [2.45, 2.75) is 25.9 Å². The molecule has 0 aliphatic carbocycles. The van der Waals surface area contributed by atoms with Gasteiger partial charge in [-0.25, -0.2) is 4.90 Å². The van der Waals surface area contributed by atoms with E-state index in [1.54, 1.807) is 0 Å². The van der Waals surface area contributed by atoms with Crippen LogP contribution in [0.4, 0.5) is 0 Å². The molecule has 0 radical (unpaired) electrons. The van der Waals surface area contributed by atoms with Gasteiger partial charge < -0.3 is 9.47 Å². The second-order valence-electron chi connectivity index (χ2n) is 3.67. The maximum Gasteiger partial charge on any atom is 0.168 e. The summed E-state index contributed by atoms with van der Waals surface area (Å²) in [4.78, 5) is 2.21. The fraction of sp³-hybridized carbons (Fsp3) is 1.00. The molecule has 1 N–H and O–H groups in total. The normalized spacial score (nSPS) is 36.0. The number of rotatable bonds is 1. The zero-order valence-electron chi connectivity index (χ0n) is 7.67. The molecule has 0 aromatic rings. The van der Waals surface area contributed by atoms with E-state index in [0.717, 1.165) is 26.3 Å². The van der Waals surface area contributed by atoms with E-state index in [9.17, 15) is 0 Å². The lowest BCUT2D eigenvalue weighted by atomic mass is 10.3. The fourth-order valence-electron chi connectivity index (χ4n) is 1.76. The van der Waals surface area contributed by atoms with Gasteiger partial charge in [0.05, 0.1) is 13.2 Å². The Labute approximate surface area is 72.8 Å². The van der Waals surface area contributed by atoms with Gasteiger partial charge in [-0.05, 0) is 13.8 Å². The van der Waals surface area contributed by atoms with Crippen LogP contribution in [0.1, 0.15) is 13.8 Å². The molecule has 2 heterocycles. The molecular weight excluding hydrogens is 156 g/mol. The third-order valence-corrected chi connectivity index (χ3v) is 2.46. The molecule has 0 aromatic carbocycles. The lowest BCUT2D eigenvalue weighted by Crippen LogP contribution is -2.50. The molecule has 1 unspecified atom stereocenters. The first-order chi connectivity index (χ1) is 5.70. The first kappa shape index (κ1) is 8.44. The van der Waals surface area contributed by atoms with Crippen molar-refractivity contribution < 1.29 is 9.47 Å². The second-order valence-corrected chi connectivity index (χ2v) is 3.67. The highest BCUT2D eigenvalue weighted by Gasteiger charge is 2.39. The molecule has 2 rings (SSSR count). The van der Waals surface area contributed by atoms with Gasteiger partial charge >= 0.3 is 0 Å². The van der Waals surface area contributed by atoms with Crippen LogP contribution in [-0.4, -0.2) is 43.3 Å². The maximum atomic E-state index is 5.57. The first-order valence-corrected chi connectivity index (χ1v) is 4.46. The predicted octanol–water partition coefficient (Wildman–Crippen LogP) is -0.0419. The summed E-state index contributed by atoms with van der Waals surface area (Å²) >= 11 is 0. The van der Waals surface area contributed by atoms with Crippen LogP contribution in [0.3, 0.4) is 0 Å². The van der Waals surface area contributed by atoms with Crippen LogP contribution in [0.25, 0.3) is 0 Å². The molecule has 0 saturated carbocycles. The largest absolute Gasteiger partial charge is 0.360 e. The van der Waals surface area contributed by atoms with Crippen LogP contribution < -0.4 is 5.32 Å². The van der Waals surface area contributed by atoms with Crippen molar-refractivity contribution in [3.05, 3.63) is 0 Å². The summed E-state index contributed by atoms with van der Waals surface area (Å²) in [5, 5.41) is 3.28. The Balaban J connectivity index is 2.02. The minimum Gasteiger partial charge on any atom is -0.360 e. The van der Waals surface area contributed by atoms with Crippen molar-refractivity contribution in [2.24, 2.45) is 0 Å². The van der Waals surface area contributed by atoms with Crippen LogP contribution in [0.15, 0.2) is 0 Å². The molecule has 0 aromatic heterocycles. The molecule has 0 amide bonds. The Bertz CT molecular complexity index is 166. The maximum absolute atomic E-state index is 5.57. The van der Waals surface area contributed by atoms with Gasteiger partial charge in [-0.2, -0.15) is 0 Å². The molecular formula is C8H16N2O2. The standard InChI is InChI=1S/C8H16N2O2/c1-8(2)10(4-6-12-8)7-9-3-5-11-7/h7,9H,3-6H2,1-2H3. The van der Waals surface area contributed by atoms with Crippen LogP contribution in [0.2, 0.25) is 0 Å². The minimum atomic E-state index is -0.179. The molecule has 0 spiro atoms. The highest BCUT2D eigenvalue weighted by atomic mass is 16.6. The molecule has 2 aliphatic heterocycles. The first-order valence-electron chi connectivity index (χ1n) is 4.46. The number of hydrogen-bond acceptors (Lipinski definition) is 4. The quantitative estimate of drug-likeness (QED) is 0.601. The third-order valence-electron chi connectivity index (χ3n) is 2.46. The highest BCUT2D eigenvalue weighted by Crippen LogP contribution is 2.24. The summed E-state index contributed by atoms with van der Waals surface area (Å²) in [7, 11) is 0. The molecule has 0 bridgehead atoms. The topological polar surface area (TPSA) is 33.7 Å². The average molecular weight is 172 g/mol. The van der Waals surface area contributed by atoms with Crippen LogP contribution >= 0.6 is 0 Å². The van der Waals surface area contributed by atoms with Gasteiger partial charge in [-0.15, -0.1) is 0 Å². The van der Waals surface area contributed by atoms with Gasteiger partial charge in [0.25, 0.3) is 0 Å². The Morgan fingerprint density at radius 3 is 2.75 bits per heavy atom. The minimum absolute atomic E-state index is 0.0579. The van der Waals surface area contributed by atoms with E-state index in [2.05, 4.69) is 24.1 Å². The number of nitrogens with one attached hydrogen (secondary N) is 1. The SMILES string of the molecule is CC1(C)OCCN1C1NCCO1. The average Bonchev–Trinajstić information content (AvgIpc) is 2.55. The lowest BCUT2D eigenvalue weighted by molar-refractivity contribution is -0.133. The van der Waals surface area contributed by atoms with E-state index < -0.39 is 0 Å². The predicted molar refractivity (Wildman–Crippen MR) is 44.5 cm³/mol. The zero-order chi connectivity index (χ0) is 8.60. The Morgan fingerprint density at radius 1 is 1.42 bits per heavy atom. The monoisotopic (exact) mass is 172 g/mol. The van der Waals surface area contributed by atoms with Gasteiger partial charge in [0.2, 0.25) is 0 Å². The zero-order valence-corrected chi connectivity index (χ0v) is 7.67. The number of ether oxygens (including phenoxy) is 2. The molecule has 12 heavy (non-hydrogen) atoms. The van der Waals surface area contributed by atoms with Gasteiger partial charge in [-0.1, -0.05) is 0 Å². The van der Waals surface area contributed by atoms with E-state index >= 15 is 0 Å². The third kappa shape index (κ3) is 1.35. The molecule has 2 aliphatic rings. The Kier molecular flexibility index (Phi) is 2.08. The fourth-order valence-corrected chi connectivity index (χ4v) is 1.76. The van der Waals surface area contributed by atoms with Gasteiger partial charge in [0.1, 0.15) is 5.72 Å². The molecule has 1 atom stereocenters. The van der Waals surface area contributed by atoms with Crippen LogP contribution in [-0.2, 0) is 9.47 Å². The van der Waals surface area contributed by atoms with E-state index in [1.165, 1.54) is 0 Å². The summed E-state index contributed by atoms with van der Waals surface area (Å²) in [6.45, 7) is 7.64. The second kappa shape index (κ2) is 2.96. The summed E-state index contributed by atoms with van der Waals surface area (Å²) < 4.78 is 11.1. The summed E-state index contributed by atoms with van der Waals surface area (Å²) in [6, 6.07) is 0. The van der Waals surface area contributed by atoms with Gasteiger partial charge in [-0.3, -0.25) is 5.32 Å². The van der Waals surface area contributed by atoms with E-state index in [4.69, 9.17) is 9.47 Å². The molecule has 2 saturated heterocycles. The summed E-state index contributed by atoms with van der Waals surface area (Å²) in [6.07, 6.45) is 0.0579. The van der Waals surface area contributed by atoms with Crippen molar-refractivity contribution in [3.8, 4) is 0 Å². The molecule has 2 fully saturated rings.